The third kappa shape index (κ3) is 7.65. The number of amides is 2. The second kappa shape index (κ2) is 13.3. The van der Waals surface area contributed by atoms with Gasteiger partial charge < -0.3 is 10.2 Å². The fraction of sp³-hybridized carbons (Fsp3) is 0.259. The summed E-state index contributed by atoms with van der Waals surface area (Å²) in [6.07, 6.45) is -4.76. The molecule has 1 atom stereocenters. The van der Waals surface area contributed by atoms with Crippen LogP contribution in [0.25, 0.3) is 0 Å². The normalized spacial score (nSPS) is 12.5. The number of likely N-dealkylation sites (N-methyl/N-ethyl adjacent to an activating group) is 1. The third-order valence-electron chi connectivity index (χ3n) is 6.14. The highest BCUT2D eigenvalue weighted by Gasteiger charge is 2.37. The van der Waals surface area contributed by atoms with E-state index in [0.29, 0.717) is 21.0 Å². The van der Waals surface area contributed by atoms with Gasteiger partial charge in [-0.2, -0.15) is 13.2 Å². The summed E-state index contributed by atoms with van der Waals surface area (Å²) in [5, 5.41) is 2.36. The molecule has 0 saturated heterocycles. The third-order valence-corrected chi connectivity index (χ3v) is 8.85. The van der Waals surface area contributed by atoms with Gasteiger partial charge in [-0.05, 0) is 54.4 Å². The molecule has 3 aromatic carbocycles. The summed E-state index contributed by atoms with van der Waals surface area (Å²) in [6.45, 7) is 0.500. The van der Waals surface area contributed by atoms with Crippen LogP contribution in [0.4, 0.5) is 18.9 Å². The summed E-state index contributed by atoms with van der Waals surface area (Å²) in [4.78, 5) is 27.5. The van der Waals surface area contributed by atoms with E-state index in [1.165, 1.54) is 43.4 Å². The summed E-state index contributed by atoms with van der Waals surface area (Å²) in [5.74, 6) is -1.40. The highest BCUT2D eigenvalue weighted by Crippen LogP contribution is 2.38. The molecule has 1 N–H and O–H groups in total. The molecule has 1 unspecified atom stereocenters. The number of rotatable bonds is 10. The number of alkyl halides is 3. The summed E-state index contributed by atoms with van der Waals surface area (Å²) >= 11 is 18.1. The molecule has 41 heavy (non-hydrogen) atoms. The van der Waals surface area contributed by atoms with Gasteiger partial charge in [-0.15, -0.1) is 0 Å². The van der Waals surface area contributed by atoms with Crippen LogP contribution in [-0.2, 0) is 32.3 Å². The summed E-state index contributed by atoms with van der Waals surface area (Å²) in [7, 11) is -3.19. The van der Waals surface area contributed by atoms with Gasteiger partial charge >= 0.3 is 6.18 Å². The number of nitrogens with zero attached hydrogens (tertiary/aromatic N) is 2. The smallest absolute Gasteiger partial charge is 0.357 e. The lowest BCUT2D eigenvalue weighted by Crippen LogP contribution is -2.51. The lowest BCUT2D eigenvalue weighted by atomic mass is 10.1. The Morgan fingerprint density at radius 2 is 1.61 bits per heavy atom. The van der Waals surface area contributed by atoms with E-state index in [1.807, 2.05) is 0 Å². The number of sulfonamides is 1. The van der Waals surface area contributed by atoms with Crippen molar-refractivity contribution < 1.29 is 31.2 Å². The number of carbonyl (C=O) groups excluding carboxylic acids is 2. The Hall–Kier alpha value is -2.99. The van der Waals surface area contributed by atoms with Crippen LogP contribution in [0.3, 0.4) is 0 Å². The first-order valence-corrected chi connectivity index (χ1v) is 14.7. The predicted octanol–water partition coefficient (Wildman–Crippen LogP) is 6.41. The van der Waals surface area contributed by atoms with Crippen molar-refractivity contribution >= 4 is 62.3 Å². The van der Waals surface area contributed by atoms with E-state index in [2.05, 4.69) is 5.32 Å². The summed E-state index contributed by atoms with van der Waals surface area (Å²) in [5.41, 5.74) is -1.31. The van der Waals surface area contributed by atoms with Crippen LogP contribution in [0, 0.1) is 0 Å². The van der Waals surface area contributed by atoms with Crippen LogP contribution in [0.2, 0.25) is 15.1 Å². The number of carbonyl (C=O) groups is 2. The second-order valence-electron chi connectivity index (χ2n) is 8.78. The number of hydrogen-bond acceptors (Lipinski definition) is 4. The standard InChI is InChI=1S/C27H25Cl3F3N3O4S/c1-3-24(26(38)34-2)35(15-17-9-10-18(28)13-23(17)30)25(37)16-36(41(39,40)20-7-5-4-6-8-20)19-11-12-22(29)21(14-19)27(31,32)33/h4-14,24H,3,15-16H2,1-2H3,(H,34,38). The molecule has 0 spiro atoms. The van der Waals surface area contributed by atoms with Crippen LogP contribution in [-0.4, -0.2) is 44.8 Å². The van der Waals surface area contributed by atoms with Crippen LogP contribution in [0.1, 0.15) is 24.5 Å². The van der Waals surface area contributed by atoms with E-state index >= 15 is 0 Å². The number of benzene rings is 3. The minimum Gasteiger partial charge on any atom is -0.357 e. The van der Waals surface area contributed by atoms with Crippen LogP contribution < -0.4 is 9.62 Å². The molecule has 7 nitrogen and oxygen atoms in total. The first-order valence-electron chi connectivity index (χ1n) is 12.1. The van der Waals surface area contributed by atoms with Crippen molar-refractivity contribution in [2.24, 2.45) is 0 Å². The van der Waals surface area contributed by atoms with Crippen molar-refractivity contribution in [1.29, 1.82) is 0 Å². The molecule has 220 valence electrons. The number of hydrogen-bond donors (Lipinski definition) is 1. The fourth-order valence-corrected chi connectivity index (χ4v) is 6.17. The van der Waals surface area contributed by atoms with Crippen molar-refractivity contribution in [2.75, 3.05) is 17.9 Å². The van der Waals surface area contributed by atoms with Crippen molar-refractivity contribution in [3.8, 4) is 0 Å². The zero-order valence-corrected chi connectivity index (χ0v) is 24.8. The second-order valence-corrected chi connectivity index (χ2v) is 11.9. The van der Waals surface area contributed by atoms with Crippen molar-refractivity contribution in [3.05, 3.63) is 92.9 Å². The van der Waals surface area contributed by atoms with Gasteiger partial charge in [0.05, 0.1) is 21.2 Å². The number of halogens is 6. The van der Waals surface area contributed by atoms with Crippen molar-refractivity contribution in [3.63, 3.8) is 0 Å². The van der Waals surface area contributed by atoms with Gasteiger partial charge in [-0.1, -0.05) is 66.0 Å². The lowest BCUT2D eigenvalue weighted by Gasteiger charge is -2.33. The highest BCUT2D eigenvalue weighted by molar-refractivity contribution is 7.92. The average Bonchev–Trinajstić information content (AvgIpc) is 2.92. The minimum atomic E-state index is -4.90. The van der Waals surface area contributed by atoms with Gasteiger partial charge in [0.25, 0.3) is 10.0 Å². The highest BCUT2D eigenvalue weighted by atomic mass is 35.5. The Labute approximate surface area is 250 Å². The van der Waals surface area contributed by atoms with Crippen molar-refractivity contribution in [1.82, 2.24) is 10.2 Å². The predicted molar refractivity (Wildman–Crippen MR) is 153 cm³/mol. The monoisotopic (exact) mass is 649 g/mol. The Bertz CT molecular complexity index is 1520. The fourth-order valence-electron chi connectivity index (χ4n) is 4.05. The molecule has 0 fully saturated rings. The first-order chi connectivity index (χ1) is 19.2. The Morgan fingerprint density at radius 1 is 0.951 bits per heavy atom. The zero-order valence-electron chi connectivity index (χ0n) is 21.8. The number of anilines is 1. The van der Waals surface area contributed by atoms with Gasteiger partial charge in [-0.3, -0.25) is 13.9 Å². The van der Waals surface area contributed by atoms with Crippen LogP contribution >= 0.6 is 34.8 Å². The SMILES string of the molecule is CCC(C(=O)NC)N(Cc1ccc(Cl)cc1Cl)C(=O)CN(c1ccc(Cl)c(C(F)(F)F)c1)S(=O)(=O)c1ccccc1. The maximum atomic E-state index is 13.9. The molecular weight excluding hydrogens is 626 g/mol. The van der Waals surface area contributed by atoms with E-state index in [9.17, 15) is 31.2 Å². The van der Waals surface area contributed by atoms with Gasteiger partial charge in [0.1, 0.15) is 12.6 Å². The van der Waals surface area contributed by atoms with Gasteiger partial charge in [0.2, 0.25) is 11.8 Å². The maximum absolute atomic E-state index is 13.9. The van der Waals surface area contributed by atoms with Gasteiger partial charge in [-0.25, -0.2) is 8.42 Å². The molecule has 0 heterocycles. The number of nitrogens with one attached hydrogen (secondary N) is 1. The van der Waals surface area contributed by atoms with E-state index in [1.54, 1.807) is 19.1 Å². The molecule has 14 heteroatoms. The summed E-state index contributed by atoms with van der Waals surface area (Å²) in [6, 6.07) is 12.9. The zero-order chi connectivity index (χ0) is 30.5. The van der Waals surface area contributed by atoms with E-state index in [0.717, 1.165) is 17.0 Å². The molecule has 0 aliphatic carbocycles. The minimum absolute atomic E-state index is 0.140. The van der Waals surface area contributed by atoms with E-state index in [-0.39, 0.29) is 22.9 Å². The van der Waals surface area contributed by atoms with Crippen LogP contribution in [0.5, 0.6) is 0 Å². The van der Waals surface area contributed by atoms with Gasteiger partial charge in [0, 0.05) is 23.6 Å². The molecule has 3 aromatic rings. The molecule has 0 radical (unpaired) electrons. The van der Waals surface area contributed by atoms with E-state index < -0.39 is 56.9 Å². The Balaban J connectivity index is 2.15. The molecule has 0 aliphatic heterocycles. The molecular formula is C27H25Cl3F3N3O4S. The molecule has 0 aromatic heterocycles. The molecule has 2 amide bonds. The maximum Gasteiger partial charge on any atom is 0.417 e. The summed E-state index contributed by atoms with van der Waals surface area (Å²) < 4.78 is 69.1. The Morgan fingerprint density at radius 3 is 2.17 bits per heavy atom. The van der Waals surface area contributed by atoms with Gasteiger partial charge in [0.15, 0.2) is 0 Å². The molecule has 0 saturated carbocycles. The quantitative estimate of drug-likeness (QED) is 0.275. The topological polar surface area (TPSA) is 86.8 Å². The van der Waals surface area contributed by atoms with Crippen molar-refractivity contribution in [2.45, 2.75) is 37.0 Å². The molecule has 0 bridgehead atoms. The average molecular weight is 651 g/mol. The molecule has 0 aliphatic rings. The largest absolute Gasteiger partial charge is 0.417 e. The lowest BCUT2D eigenvalue weighted by molar-refractivity contribution is -0.140. The Kier molecular flexibility index (Phi) is 10.6. The first kappa shape index (κ1) is 32.5. The van der Waals surface area contributed by atoms with E-state index in [4.69, 9.17) is 34.8 Å². The molecule has 3 rings (SSSR count). The van der Waals surface area contributed by atoms with Crippen LogP contribution in [0.15, 0.2) is 71.6 Å².